The molecule has 1 aromatic heterocycles. The molecule has 0 spiro atoms. The van der Waals surface area contributed by atoms with Crippen LogP contribution >= 0.6 is 11.3 Å². The lowest BCUT2D eigenvalue weighted by atomic mass is 10.1. The molecule has 2 heterocycles. The summed E-state index contributed by atoms with van der Waals surface area (Å²) >= 11 is 1.63. The third-order valence-electron chi connectivity index (χ3n) is 3.86. The first kappa shape index (κ1) is 15.0. The fourth-order valence-electron chi connectivity index (χ4n) is 2.70. The first-order chi connectivity index (χ1) is 11.7. The van der Waals surface area contributed by atoms with Crippen molar-refractivity contribution in [2.45, 2.75) is 19.8 Å². The Morgan fingerprint density at radius 2 is 2.08 bits per heavy atom. The zero-order chi connectivity index (χ0) is 16.5. The van der Waals surface area contributed by atoms with E-state index < -0.39 is 0 Å². The third kappa shape index (κ3) is 3.05. The van der Waals surface area contributed by atoms with Crippen LogP contribution in [-0.4, -0.2) is 17.7 Å². The van der Waals surface area contributed by atoms with Crippen LogP contribution in [0.25, 0.3) is 10.2 Å². The predicted octanol–water partition coefficient (Wildman–Crippen LogP) is 3.90. The highest BCUT2D eigenvalue weighted by Gasteiger charge is 2.13. The summed E-state index contributed by atoms with van der Waals surface area (Å²) in [4.78, 5) is 16.6. The van der Waals surface area contributed by atoms with E-state index in [2.05, 4.69) is 10.3 Å². The Kier molecular flexibility index (Phi) is 3.82. The molecule has 6 heteroatoms. The summed E-state index contributed by atoms with van der Waals surface area (Å²) in [7, 11) is 0. The summed E-state index contributed by atoms with van der Waals surface area (Å²) in [5.74, 6) is 1.50. The van der Waals surface area contributed by atoms with Gasteiger partial charge in [0.15, 0.2) is 11.5 Å². The van der Waals surface area contributed by atoms with Crippen molar-refractivity contribution < 1.29 is 14.3 Å². The zero-order valence-electron chi connectivity index (χ0n) is 13.2. The fraction of sp³-hybridized carbons (Fsp3) is 0.222. The number of fused-ring (bicyclic) bond motifs is 2. The average Bonchev–Trinajstić information content (AvgIpc) is 3.17. The van der Waals surface area contributed by atoms with Gasteiger partial charge in [0.2, 0.25) is 12.7 Å². The van der Waals surface area contributed by atoms with Crippen molar-refractivity contribution in [1.29, 1.82) is 0 Å². The number of aromatic nitrogens is 1. The molecule has 3 aromatic rings. The van der Waals surface area contributed by atoms with E-state index in [0.717, 1.165) is 38.0 Å². The summed E-state index contributed by atoms with van der Waals surface area (Å²) in [6.07, 6.45) is 1.07. The van der Waals surface area contributed by atoms with Crippen LogP contribution in [-0.2, 0) is 11.2 Å². The van der Waals surface area contributed by atoms with Gasteiger partial charge in [0.1, 0.15) is 0 Å². The summed E-state index contributed by atoms with van der Waals surface area (Å²) < 4.78 is 11.7. The Balaban J connectivity index is 1.38. The highest BCUT2D eigenvalue weighted by Crippen LogP contribution is 2.32. The van der Waals surface area contributed by atoms with Gasteiger partial charge in [-0.2, -0.15) is 0 Å². The van der Waals surface area contributed by atoms with Crippen molar-refractivity contribution in [1.82, 2.24) is 4.98 Å². The van der Waals surface area contributed by atoms with Crippen LogP contribution in [0.3, 0.4) is 0 Å². The van der Waals surface area contributed by atoms with Gasteiger partial charge in [0.25, 0.3) is 0 Å². The Hall–Kier alpha value is -2.60. The number of ether oxygens (including phenoxy) is 2. The fourth-order valence-corrected chi connectivity index (χ4v) is 3.56. The van der Waals surface area contributed by atoms with Gasteiger partial charge < -0.3 is 14.8 Å². The van der Waals surface area contributed by atoms with Crippen molar-refractivity contribution in [3.63, 3.8) is 0 Å². The van der Waals surface area contributed by atoms with E-state index in [1.54, 1.807) is 11.3 Å². The number of rotatable bonds is 4. The Morgan fingerprint density at radius 1 is 1.21 bits per heavy atom. The number of carbonyl (C=O) groups is 1. The number of thiazole rings is 1. The van der Waals surface area contributed by atoms with E-state index in [1.165, 1.54) is 0 Å². The van der Waals surface area contributed by atoms with Gasteiger partial charge >= 0.3 is 0 Å². The van der Waals surface area contributed by atoms with Crippen molar-refractivity contribution >= 4 is 33.1 Å². The summed E-state index contributed by atoms with van der Waals surface area (Å²) in [5, 5.41) is 3.97. The van der Waals surface area contributed by atoms with Crippen LogP contribution in [0.1, 0.15) is 17.0 Å². The van der Waals surface area contributed by atoms with Gasteiger partial charge in [0.05, 0.1) is 15.2 Å². The van der Waals surface area contributed by atoms with Crippen LogP contribution in [0.5, 0.6) is 11.5 Å². The number of nitrogens with zero attached hydrogens (tertiary/aromatic N) is 1. The molecule has 0 aliphatic carbocycles. The summed E-state index contributed by atoms with van der Waals surface area (Å²) in [6, 6.07) is 11.6. The highest BCUT2D eigenvalue weighted by molar-refractivity contribution is 7.18. The van der Waals surface area contributed by atoms with Crippen LogP contribution in [0.4, 0.5) is 5.69 Å². The second-order valence-corrected chi connectivity index (χ2v) is 6.89. The lowest BCUT2D eigenvalue weighted by molar-refractivity contribution is -0.116. The van der Waals surface area contributed by atoms with Crippen molar-refractivity contribution in [3.8, 4) is 11.5 Å². The van der Waals surface area contributed by atoms with Crippen LogP contribution in [0.15, 0.2) is 36.4 Å². The van der Waals surface area contributed by atoms with Gasteiger partial charge in [0, 0.05) is 12.1 Å². The van der Waals surface area contributed by atoms with Gasteiger partial charge in [-0.05, 0) is 49.2 Å². The lowest BCUT2D eigenvalue weighted by Crippen LogP contribution is -2.12. The number of benzene rings is 2. The molecule has 0 atom stereocenters. The summed E-state index contributed by atoms with van der Waals surface area (Å²) in [6.45, 7) is 2.24. The van der Waals surface area contributed by atoms with Crippen molar-refractivity contribution in [2.24, 2.45) is 0 Å². The normalized spacial score (nSPS) is 12.5. The molecule has 1 N–H and O–H groups in total. The van der Waals surface area contributed by atoms with E-state index in [9.17, 15) is 4.79 Å². The molecule has 5 nitrogen and oxygen atoms in total. The quantitative estimate of drug-likeness (QED) is 0.782. The molecule has 0 radical (unpaired) electrons. The number of anilines is 1. The number of hydrogen-bond acceptors (Lipinski definition) is 5. The molecule has 122 valence electrons. The first-order valence-corrected chi connectivity index (χ1v) is 8.54. The third-order valence-corrected chi connectivity index (χ3v) is 4.79. The second-order valence-electron chi connectivity index (χ2n) is 5.65. The van der Waals surface area contributed by atoms with Crippen LogP contribution in [0, 0.1) is 6.92 Å². The average molecular weight is 340 g/mol. The molecule has 1 aliphatic heterocycles. The van der Waals surface area contributed by atoms with E-state index in [0.29, 0.717) is 12.8 Å². The maximum atomic E-state index is 12.2. The molecular weight excluding hydrogens is 324 g/mol. The highest BCUT2D eigenvalue weighted by atomic mass is 32.1. The smallest absolute Gasteiger partial charge is 0.231 e. The van der Waals surface area contributed by atoms with E-state index in [4.69, 9.17) is 9.47 Å². The minimum Gasteiger partial charge on any atom is -0.454 e. The van der Waals surface area contributed by atoms with Crippen LogP contribution in [0.2, 0.25) is 0 Å². The predicted molar refractivity (Wildman–Crippen MR) is 93.9 cm³/mol. The number of nitrogens with one attached hydrogen (secondary N) is 1. The number of amides is 1. The Labute approximate surface area is 143 Å². The molecule has 0 saturated carbocycles. The monoisotopic (exact) mass is 340 g/mol. The molecule has 0 saturated heterocycles. The van der Waals surface area contributed by atoms with Crippen LogP contribution < -0.4 is 14.8 Å². The molecule has 1 amide bonds. The SMILES string of the molecule is Cc1nc2ccc(NC(=O)CCc3ccc4c(c3)OCO4)cc2s1. The molecule has 0 unspecified atom stereocenters. The molecule has 0 fully saturated rings. The minimum absolute atomic E-state index is 0.00625. The Morgan fingerprint density at radius 3 is 3.00 bits per heavy atom. The maximum Gasteiger partial charge on any atom is 0.231 e. The number of hydrogen-bond donors (Lipinski definition) is 1. The van der Waals surface area contributed by atoms with E-state index in [1.807, 2.05) is 43.3 Å². The largest absolute Gasteiger partial charge is 0.454 e. The number of carbonyl (C=O) groups excluding carboxylic acids is 1. The topological polar surface area (TPSA) is 60.5 Å². The molecular formula is C18H16N2O3S. The van der Waals surface area contributed by atoms with Crippen molar-refractivity contribution in [2.75, 3.05) is 12.1 Å². The van der Waals surface area contributed by atoms with E-state index >= 15 is 0 Å². The second kappa shape index (κ2) is 6.13. The van der Waals surface area contributed by atoms with Gasteiger partial charge in [-0.15, -0.1) is 11.3 Å². The maximum absolute atomic E-state index is 12.2. The lowest BCUT2D eigenvalue weighted by Gasteiger charge is -2.06. The zero-order valence-corrected chi connectivity index (χ0v) is 14.0. The molecule has 4 rings (SSSR count). The van der Waals surface area contributed by atoms with Gasteiger partial charge in [-0.1, -0.05) is 6.07 Å². The minimum atomic E-state index is -0.00625. The molecule has 0 bridgehead atoms. The first-order valence-electron chi connectivity index (χ1n) is 7.73. The standard InChI is InChI=1S/C18H16N2O3S/c1-11-19-14-5-4-13(9-17(14)24-11)20-18(21)7-3-12-2-6-15-16(8-12)23-10-22-15/h2,4-6,8-9H,3,7,10H2,1H3,(H,20,21). The van der Waals surface area contributed by atoms with E-state index in [-0.39, 0.29) is 12.7 Å². The van der Waals surface area contributed by atoms with Crippen molar-refractivity contribution in [3.05, 3.63) is 47.0 Å². The Bertz CT molecular complexity index is 920. The van der Waals surface area contributed by atoms with Gasteiger partial charge in [-0.3, -0.25) is 4.79 Å². The molecule has 1 aliphatic rings. The number of aryl methyl sites for hydroxylation is 2. The molecule has 2 aromatic carbocycles. The molecule has 24 heavy (non-hydrogen) atoms. The summed E-state index contributed by atoms with van der Waals surface area (Å²) in [5.41, 5.74) is 2.83. The van der Waals surface area contributed by atoms with Gasteiger partial charge in [-0.25, -0.2) is 4.98 Å².